The molecule has 1 heterocycles. The number of hydrogen-bond acceptors (Lipinski definition) is 3. The second-order valence-electron chi connectivity index (χ2n) is 3.33. The predicted molar refractivity (Wildman–Crippen MR) is 59.5 cm³/mol. The smallest absolute Gasteiger partial charge is 0.148 e. The summed E-state index contributed by atoms with van der Waals surface area (Å²) < 4.78 is 0. The van der Waals surface area contributed by atoms with Crippen molar-refractivity contribution < 1.29 is 4.79 Å². The molecule has 1 aromatic carbocycles. The summed E-state index contributed by atoms with van der Waals surface area (Å²) in [6, 6.07) is 7.91. The Labute approximate surface area is 87.4 Å². The van der Waals surface area contributed by atoms with E-state index in [1.165, 1.54) is 0 Å². The first-order valence-electron chi connectivity index (χ1n) is 4.50. The van der Waals surface area contributed by atoms with Crippen molar-refractivity contribution in [1.29, 1.82) is 0 Å². The van der Waals surface area contributed by atoms with Crippen molar-refractivity contribution >= 4 is 28.9 Å². The normalized spacial score (nSPS) is 19.9. The van der Waals surface area contributed by atoms with Gasteiger partial charge in [-0.3, -0.25) is 9.79 Å². The number of para-hydroxylation sites is 1. The number of benzene rings is 1. The van der Waals surface area contributed by atoms with Gasteiger partial charge in [0.05, 0.1) is 5.69 Å². The summed E-state index contributed by atoms with van der Waals surface area (Å²) in [5, 5.41) is -0.0927. The number of Topliss-reactive ketones (excluding diaryl/α,β-unsaturated/α-hetero) is 1. The molecule has 0 saturated heterocycles. The van der Waals surface area contributed by atoms with E-state index < -0.39 is 0 Å². The lowest BCUT2D eigenvalue weighted by Crippen LogP contribution is -2.24. The summed E-state index contributed by atoms with van der Waals surface area (Å²) in [5.74, 6) is 0.172. The van der Waals surface area contributed by atoms with Gasteiger partial charge in [0.1, 0.15) is 11.0 Å². The van der Waals surface area contributed by atoms with E-state index in [2.05, 4.69) is 4.99 Å². The predicted octanol–water partition coefficient (Wildman–Crippen LogP) is 2.84. The molecule has 0 aliphatic carbocycles. The fourth-order valence-corrected chi connectivity index (χ4v) is 2.52. The fourth-order valence-electron chi connectivity index (χ4n) is 1.49. The zero-order chi connectivity index (χ0) is 10.1. The quantitative estimate of drug-likeness (QED) is 0.705. The summed E-state index contributed by atoms with van der Waals surface area (Å²) in [6.07, 6.45) is 0. The standard InChI is InChI=1S/C11H11NOS/c1-7-11(8(2)13)14-10-6-4-3-5-9(10)12-7/h3-6,11H,1-2H3. The van der Waals surface area contributed by atoms with Gasteiger partial charge in [-0.2, -0.15) is 0 Å². The van der Waals surface area contributed by atoms with Gasteiger partial charge in [0.15, 0.2) is 0 Å². The molecule has 14 heavy (non-hydrogen) atoms. The van der Waals surface area contributed by atoms with Crippen LogP contribution in [0.25, 0.3) is 0 Å². The average Bonchev–Trinajstić information content (AvgIpc) is 2.16. The largest absolute Gasteiger partial charge is 0.298 e. The van der Waals surface area contributed by atoms with E-state index in [9.17, 15) is 4.79 Å². The molecule has 72 valence electrons. The average molecular weight is 205 g/mol. The Bertz CT molecular complexity index is 412. The van der Waals surface area contributed by atoms with Gasteiger partial charge in [-0.25, -0.2) is 0 Å². The molecule has 1 aliphatic heterocycles. The van der Waals surface area contributed by atoms with Crippen LogP contribution in [0.3, 0.4) is 0 Å². The molecule has 0 saturated carbocycles. The van der Waals surface area contributed by atoms with Gasteiger partial charge in [0.2, 0.25) is 0 Å². The highest BCUT2D eigenvalue weighted by atomic mass is 32.2. The van der Waals surface area contributed by atoms with Gasteiger partial charge in [-0.15, -0.1) is 11.8 Å². The molecule has 1 aromatic rings. The lowest BCUT2D eigenvalue weighted by molar-refractivity contribution is -0.115. The number of thioether (sulfide) groups is 1. The van der Waals surface area contributed by atoms with Gasteiger partial charge < -0.3 is 0 Å². The second-order valence-corrected chi connectivity index (χ2v) is 4.48. The number of nitrogens with zero attached hydrogens (tertiary/aromatic N) is 1. The summed E-state index contributed by atoms with van der Waals surface area (Å²) in [4.78, 5) is 16.8. The molecule has 1 atom stereocenters. The van der Waals surface area contributed by atoms with Crippen LogP contribution in [0.5, 0.6) is 0 Å². The van der Waals surface area contributed by atoms with Crippen molar-refractivity contribution in [3.63, 3.8) is 0 Å². The van der Waals surface area contributed by atoms with Crippen molar-refractivity contribution in [1.82, 2.24) is 0 Å². The fraction of sp³-hybridized carbons (Fsp3) is 0.273. The molecule has 2 rings (SSSR count). The molecule has 1 unspecified atom stereocenters. The van der Waals surface area contributed by atoms with E-state index >= 15 is 0 Å². The zero-order valence-corrected chi connectivity index (χ0v) is 8.97. The van der Waals surface area contributed by atoms with Crippen molar-refractivity contribution in [2.24, 2.45) is 4.99 Å². The van der Waals surface area contributed by atoms with Gasteiger partial charge in [-0.1, -0.05) is 12.1 Å². The van der Waals surface area contributed by atoms with Crippen molar-refractivity contribution in [2.45, 2.75) is 24.0 Å². The van der Waals surface area contributed by atoms with Gasteiger partial charge in [0, 0.05) is 10.6 Å². The number of rotatable bonds is 1. The molecule has 0 N–H and O–H groups in total. The molecule has 0 fully saturated rings. The topological polar surface area (TPSA) is 29.4 Å². The summed E-state index contributed by atoms with van der Waals surface area (Å²) in [5.41, 5.74) is 1.88. The molecule has 0 spiro atoms. The van der Waals surface area contributed by atoms with Gasteiger partial charge >= 0.3 is 0 Å². The van der Waals surface area contributed by atoms with Crippen molar-refractivity contribution in [3.05, 3.63) is 24.3 Å². The van der Waals surface area contributed by atoms with Gasteiger partial charge in [0.25, 0.3) is 0 Å². The van der Waals surface area contributed by atoms with Crippen LogP contribution >= 0.6 is 11.8 Å². The molecular weight excluding hydrogens is 194 g/mol. The van der Waals surface area contributed by atoms with E-state index in [1.54, 1.807) is 18.7 Å². The molecule has 0 bridgehead atoms. The minimum absolute atomic E-state index is 0.0927. The van der Waals surface area contributed by atoms with E-state index in [4.69, 9.17) is 0 Å². The Morgan fingerprint density at radius 3 is 2.86 bits per heavy atom. The van der Waals surface area contributed by atoms with Crippen LogP contribution in [-0.4, -0.2) is 16.7 Å². The van der Waals surface area contributed by atoms with E-state index in [-0.39, 0.29) is 11.0 Å². The van der Waals surface area contributed by atoms with Crippen LogP contribution in [0.2, 0.25) is 0 Å². The Balaban J connectivity index is 2.43. The zero-order valence-electron chi connectivity index (χ0n) is 8.15. The maximum absolute atomic E-state index is 11.3. The molecule has 2 nitrogen and oxygen atoms in total. The van der Waals surface area contributed by atoms with Crippen molar-refractivity contribution in [3.8, 4) is 0 Å². The third-order valence-corrected chi connectivity index (χ3v) is 3.66. The molecule has 3 heteroatoms. The molecule has 0 amide bonds. The maximum atomic E-state index is 11.3. The SMILES string of the molecule is CC(=O)C1Sc2ccccc2N=C1C. The molecular formula is C11H11NOS. The Kier molecular flexibility index (Phi) is 2.42. The number of ketones is 1. The lowest BCUT2D eigenvalue weighted by Gasteiger charge is -2.19. The number of aliphatic imine (C=N–C) groups is 1. The second kappa shape index (κ2) is 3.58. The first-order valence-corrected chi connectivity index (χ1v) is 5.38. The molecule has 1 aliphatic rings. The van der Waals surface area contributed by atoms with Crippen molar-refractivity contribution in [2.75, 3.05) is 0 Å². The van der Waals surface area contributed by atoms with E-state index in [0.29, 0.717) is 0 Å². The highest BCUT2D eigenvalue weighted by Gasteiger charge is 2.24. The monoisotopic (exact) mass is 205 g/mol. The minimum atomic E-state index is -0.0927. The third kappa shape index (κ3) is 1.60. The summed E-state index contributed by atoms with van der Waals surface area (Å²) in [6.45, 7) is 3.53. The highest BCUT2D eigenvalue weighted by molar-refractivity contribution is 8.01. The Morgan fingerprint density at radius 1 is 1.43 bits per heavy atom. The Morgan fingerprint density at radius 2 is 2.14 bits per heavy atom. The highest BCUT2D eigenvalue weighted by Crippen LogP contribution is 2.37. The minimum Gasteiger partial charge on any atom is -0.298 e. The number of carbonyl (C=O) groups excluding carboxylic acids is 1. The summed E-state index contributed by atoms with van der Waals surface area (Å²) >= 11 is 1.59. The Hall–Kier alpha value is -1.09. The van der Waals surface area contributed by atoms with Crippen LogP contribution in [0, 0.1) is 0 Å². The number of hydrogen-bond donors (Lipinski definition) is 0. The van der Waals surface area contributed by atoms with Crippen LogP contribution in [0.1, 0.15) is 13.8 Å². The molecule has 0 radical (unpaired) electrons. The van der Waals surface area contributed by atoms with Crippen LogP contribution in [0.4, 0.5) is 5.69 Å². The third-order valence-electron chi connectivity index (χ3n) is 2.16. The van der Waals surface area contributed by atoms with Gasteiger partial charge in [-0.05, 0) is 26.0 Å². The number of carbonyl (C=O) groups is 1. The van der Waals surface area contributed by atoms with Crippen LogP contribution in [-0.2, 0) is 4.79 Å². The number of fused-ring (bicyclic) bond motifs is 1. The van der Waals surface area contributed by atoms with Crippen LogP contribution in [0.15, 0.2) is 34.2 Å². The van der Waals surface area contributed by atoms with E-state index in [1.807, 2.05) is 31.2 Å². The first kappa shape index (κ1) is 9.46. The molecule has 0 aromatic heterocycles. The van der Waals surface area contributed by atoms with E-state index in [0.717, 1.165) is 16.3 Å². The summed E-state index contributed by atoms with van der Waals surface area (Å²) in [7, 11) is 0. The lowest BCUT2D eigenvalue weighted by atomic mass is 10.2. The first-order chi connectivity index (χ1) is 6.68. The van der Waals surface area contributed by atoms with Crippen LogP contribution < -0.4 is 0 Å². The maximum Gasteiger partial charge on any atom is 0.148 e.